The minimum Gasteiger partial charge on any atom is -0.396 e. The molecule has 0 radical (unpaired) electrons. The molecule has 1 rings (SSSR count). The summed E-state index contributed by atoms with van der Waals surface area (Å²) < 4.78 is 0. The molecule has 0 bridgehead atoms. The molecule has 0 unspecified atom stereocenters. The first-order valence-corrected chi connectivity index (χ1v) is 8.48. The smallest absolute Gasteiger partial charge is 0.0494 e. The average Bonchev–Trinajstić information content (AvgIpc) is 2.38. The molecule has 0 heterocycles. The molecule has 2 nitrogen and oxygen atoms in total. The van der Waals surface area contributed by atoms with Crippen LogP contribution in [-0.2, 0) is 0 Å². The van der Waals surface area contributed by atoms with Gasteiger partial charge in [0.2, 0.25) is 0 Å². The molecule has 114 valence electrons. The molecule has 0 amide bonds. The monoisotopic (exact) mass is 269 g/mol. The molecule has 0 aromatic rings. The standard InChI is InChI=1S/C17H35NO/c1-17(2,15-19)14-18-16-12-10-8-6-4-3-5-7-9-11-13-16/h16,18-19H,3-15H2,1-2H3. The van der Waals surface area contributed by atoms with Crippen LogP contribution in [0.2, 0.25) is 0 Å². The molecule has 0 spiro atoms. The summed E-state index contributed by atoms with van der Waals surface area (Å²) in [5, 5.41) is 13.0. The maximum absolute atomic E-state index is 9.33. The fraction of sp³-hybridized carbons (Fsp3) is 1.00. The van der Waals surface area contributed by atoms with Gasteiger partial charge in [-0.15, -0.1) is 0 Å². The first kappa shape index (κ1) is 17.0. The Balaban J connectivity index is 2.30. The van der Waals surface area contributed by atoms with E-state index in [-0.39, 0.29) is 12.0 Å². The summed E-state index contributed by atoms with van der Waals surface area (Å²) >= 11 is 0. The van der Waals surface area contributed by atoms with E-state index < -0.39 is 0 Å². The SMILES string of the molecule is CC(C)(CO)CNC1CCCCCCCCCCC1. The normalized spacial score (nSPS) is 21.6. The molecular weight excluding hydrogens is 234 g/mol. The Labute approximate surface area is 120 Å². The van der Waals surface area contributed by atoms with Gasteiger partial charge in [-0.3, -0.25) is 0 Å². The largest absolute Gasteiger partial charge is 0.396 e. The van der Waals surface area contributed by atoms with Gasteiger partial charge < -0.3 is 10.4 Å². The van der Waals surface area contributed by atoms with E-state index in [1.807, 2.05) is 0 Å². The van der Waals surface area contributed by atoms with Gasteiger partial charge in [0, 0.05) is 24.6 Å². The van der Waals surface area contributed by atoms with Crippen molar-refractivity contribution in [2.75, 3.05) is 13.2 Å². The Hall–Kier alpha value is -0.0800. The first-order chi connectivity index (χ1) is 9.14. The third kappa shape index (κ3) is 8.65. The lowest BCUT2D eigenvalue weighted by atomic mass is 9.93. The quantitative estimate of drug-likeness (QED) is 0.799. The minimum absolute atomic E-state index is 0.0175. The van der Waals surface area contributed by atoms with Gasteiger partial charge in [-0.1, -0.05) is 71.6 Å². The van der Waals surface area contributed by atoms with Crippen molar-refractivity contribution in [2.24, 2.45) is 5.41 Å². The van der Waals surface area contributed by atoms with Crippen LogP contribution in [0.5, 0.6) is 0 Å². The van der Waals surface area contributed by atoms with Crippen LogP contribution in [0.1, 0.15) is 84.5 Å². The summed E-state index contributed by atoms with van der Waals surface area (Å²) in [6, 6.07) is 0.672. The molecule has 19 heavy (non-hydrogen) atoms. The molecule has 1 aliphatic carbocycles. The molecular formula is C17H35NO. The van der Waals surface area contributed by atoms with E-state index in [4.69, 9.17) is 0 Å². The molecule has 1 aliphatic rings. The van der Waals surface area contributed by atoms with Gasteiger partial charge in [-0.2, -0.15) is 0 Å². The zero-order valence-corrected chi connectivity index (χ0v) is 13.2. The topological polar surface area (TPSA) is 32.3 Å². The number of hydrogen-bond acceptors (Lipinski definition) is 2. The maximum Gasteiger partial charge on any atom is 0.0494 e. The van der Waals surface area contributed by atoms with Crippen molar-refractivity contribution in [2.45, 2.75) is 90.5 Å². The summed E-state index contributed by atoms with van der Waals surface area (Å²) in [5.74, 6) is 0. The second-order valence-electron chi connectivity index (χ2n) is 7.16. The number of aliphatic hydroxyl groups excluding tert-OH is 1. The molecule has 1 saturated carbocycles. The Morgan fingerprint density at radius 1 is 0.842 bits per heavy atom. The molecule has 0 saturated heterocycles. The molecule has 0 aromatic carbocycles. The number of aliphatic hydroxyl groups is 1. The summed E-state index contributed by atoms with van der Waals surface area (Å²) in [7, 11) is 0. The summed E-state index contributed by atoms with van der Waals surface area (Å²) in [6.45, 7) is 5.48. The molecule has 2 heteroatoms. The van der Waals surface area contributed by atoms with Crippen LogP contribution in [-0.4, -0.2) is 24.3 Å². The highest BCUT2D eigenvalue weighted by atomic mass is 16.3. The fourth-order valence-electron chi connectivity index (χ4n) is 2.84. The Morgan fingerprint density at radius 2 is 1.26 bits per heavy atom. The number of rotatable bonds is 4. The van der Waals surface area contributed by atoms with Crippen LogP contribution >= 0.6 is 0 Å². The van der Waals surface area contributed by atoms with Gasteiger partial charge in [0.15, 0.2) is 0 Å². The summed E-state index contributed by atoms with van der Waals surface area (Å²) in [4.78, 5) is 0. The highest BCUT2D eigenvalue weighted by molar-refractivity contribution is 4.75. The van der Waals surface area contributed by atoms with Gasteiger partial charge in [0.05, 0.1) is 0 Å². The van der Waals surface area contributed by atoms with E-state index in [0.29, 0.717) is 6.04 Å². The fourth-order valence-corrected chi connectivity index (χ4v) is 2.84. The highest BCUT2D eigenvalue weighted by Crippen LogP contribution is 2.18. The van der Waals surface area contributed by atoms with Crippen molar-refractivity contribution >= 4 is 0 Å². The average molecular weight is 269 g/mol. The van der Waals surface area contributed by atoms with Crippen molar-refractivity contribution in [3.05, 3.63) is 0 Å². The van der Waals surface area contributed by atoms with Crippen LogP contribution in [0.25, 0.3) is 0 Å². The van der Waals surface area contributed by atoms with E-state index in [9.17, 15) is 5.11 Å². The van der Waals surface area contributed by atoms with E-state index >= 15 is 0 Å². The Kier molecular flexibility index (Phi) is 8.72. The van der Waals surface area contributed by atoms with Gasteiger partial charge in [0.1, 0.15) is 0 Å². The Bertz CT molecular complexity index is 203. The second-order valence-corrected chi connectivity index (χ2v) is 7.16. The Morgan fingerprint density at radius 3 is 1.68 bits per heavy atom. The van der Waals surface area contributed by atoms with Gasteiger partial charge in [-0.05, 0) is 12.8 Å². The molecule has 1 fully saturated rings. The van der Waals surface area contributed by atoms with Crippen molar-refractivity contribution in [3.8, 4) is 0 Å². The molecule has 0 atom stereocenters. The predicted octanol–water partition coefficient (Wildman–Crippen LogP) is 4.27. The summed E-state index contributed by atoms with van der Waals surface area (Å²) in [6.07, 6.45) is 15.4. The van der Waals surface area contributed by atoms with Crippen LogP contribution in [0.4, 0.5) is 0 Å². The van der Waals surface area contributed by atoms with Crippen LogP contribution in [0, 0.1) is 5.41 Å². The lowest BCUT2D eigenvalue weighted by Gasteiger charge is -2.27. The van der Waals surface area contributed by atoms with Crippen LogP contribution in [0.3, 0.4) is 0 Å². The predicted molar refractivity (Wildman–Crippen MR) is 83.4 cm³/mol. The van der Waals surface area contributed by atoms with Crippen LogP contribution in [0.15, 0.2) is 0 Å². The second kappa shape index (κ2) is 9.77. The summed E-state index contributed by atoms with van der Waals surface area (Å²) in [5.41, 5.74) is 0.0175. The molecule has 2 N–H and O–H groups in total. The lowest BCUT2D eigenvalue weighted by Crippen LogP contribution is -2.38. The van der Waals surface area contributed by atoms with E-state index in [1.54, 1.807) is 0 Å². The number of hydrogen-bond donors (Lipinski definition) is 2. The van der Waals surface area contributed by atoms with Gasteiger partial charge in [-0.25, -0.2) is 0 Å². The molecule has 0 aliphatic heterocycles. The first-order valence-electron chi connectivity index (χ1n) is 8.48. The third-order valence-corrected chi connectivity index (χ3v) is 4.40. The molecule has 0 aromatic heterocycles. The van der Waals surface area contributed by atoms with E-state index in [0.717, 1.165) is 6.54 Å². The van der Waals surface area contributed by atoms with Crippen molar-refractivity contribution in [1.29, 1.82) is 0 Å². The highest BCUT2D eigenvalue weighted by Gasteiger charge is 2.18. The van der Waals surface area contributed by atoms with E-state index in [2.05, 4.69) is 19.2 Å². The van der Waals surface area contributed by atoms with Crippen LogP contribution < -0.4 is 5.32 Å². The van der Waals surface area contributed by atoms with Crippen molar-refractivity contribution in [3.63, 3.8) is 0 Å². The van der Waals surface area contributed by atoms with Gasteiger partial charge in [0.25, 0.3) is 0 Å². The number of nitrogens with one attached hydrogen (secondary N) is 1. The third-order valence-electron chi connectivity index (χ3n) is 4.40. The lowest BCUT2D eigenvalue weighted by molar-refractivity contribution is 0.151. The van der Waals surface area contributed by atoms with Crippen molar-refractivity contribution < 1.29 is 5.11 Å². The minimum atomic E-state index is 0.0175. The van der Waals surface area contributed by atoms with Gasteiger partial charge >= 0.3 is 0 Å². The van der Waals surface area contributed by atoms with Crippen molar-refractivity contribution in [1.82, 2.24) is 5.32 Å². The zero-order valence-electron chi connectivity index (χ0n) is 13.2. The zero-order chi connectivity index (χ0) is 14.0. The maximum atomic E-state index is 9.33. The van der Waals surface area contributed by atoms with E-state index in [1.165, 1.54) is 70.6 Å².